The molecule has 0 spiro atoms. The first-order chi connectivity index (χ1) is 10.1. The number of likely N-dealkylation sites (N-methyl/N-ethyl adjacent to an activating group) is 2. The van der Waals surface area contributed by atoms with Gasteiger partial charge in [0.25, 0.3) is 0 Å². The van der Waals surface area contributed by atoms with Gasteiger partial charge in [0.15, 0.2) is 0 Å². The molecule has 0 aliphatic carbocycles. The van der Waals surface area contributed by atoms with E-state index in [1.807, 2.05) is 0 Å². The molecule has 5 nitrogen and oxygen atoms in total. The number of rotatable bonds is 4. The molecule has 6 heteroatoms. The zero-order chi connectivity index (χ0) is 16.9. The van der Waals surface area contributed by atoms with Gasteiger partial charge in [-0.15, -0.1) is 0 Å². The minimum atomic E-state index is -0.731. The highest BCUT2D eigenvalue weighted by atomic mass is 19.1. The first kappa shape index (κ1) is 17.9. The summed E-state index contributed by atoms with van der Waals surface area (Å²) in [5.74, 6) is -0.654. The van der Waals surface area contributed by atoms with E-state index in [2.05, 4.69) is 5.32 Å². The fourth-order valence-electron chi connectivity index (χ4n) is 1.88. The molecule has 0 aromatic heterocycles. The highest BCUT2D eigenvalue weighted by Crippen LogP contribution is 2.14. The average Bonchev–Trinajstić information content (AvgIpc) is 2.43. The number of halogens is 1. The highest BCUT2D eigenvalue weighted by Gasteiger charge is 2.29. The standard InChI is InChI=1S/C16H23FN2O3/c1-16(2,3)22-15(21)19(5)13(14(20)18-4)10-11-6-8-12(17)9-7-11/h6-9,13H,10H2,1-5H3,(H,18,20). The van der Waals surface area contributed by atoms with E-state index in [0.717, 1.165) is 5.56 Å². The van der Waals surface area contributed by atoms with Gasteiger partial charge < -0.3 is 10.1 Å². The quantitative estimate of drug-likeness (QED) is 0.928. The van der Waals surface area contributed by atoms with E-state index >= 15 is 0 Å². The van der Waals surface area contributed by atoms with Crippen molar-refractivity contribution in [2.24, 2.45) is 0 Å². The molecule has 0 aliphatic heterocycles. The van der Waals surface area contributed by atoms with Gasteiger partial charge in [0.2, 0.25) is 5.91 Å². The van der Waals surface area contributed by atoms with Gasteiger partial charge in [0.1, 0.15) is 17.5 Å². The molecule has 22 heavy (non-hydrogen) atoms. The van der Waals surface area contributed by atoms with Gasteiger partial charge in [-0.1, -0.05) is 12.1 Å². The van der Waals surface area contributed by atoms with Crippen molar-refractivity contribution in [3.05, 3.63) is 35.6 Å². The molecule has 0 radical (unpaired) electrons. The van der Waals surface area contributed by atoms with Crippen molar-refractivity contribution >= 4 is 12.0 Å². The van der Waals surface area contributed by atoms with Crippen LogP contribution in [0.2, 0.25) is 0 Å². The van der Waals surface area contributed by atoms with Gasteiger partial charge in [-0.2, -0.15) is 0 Å². The molecule has 1 aromatic rings. The Bertz CT molecular complexity index is 523. The summed E-state index contributed by atoms with van der Waals surface area (Å²) in [5, 5.41) is 2.53. The lowest BCUT2D eigenvalue weighted by atomic mass is 10.0. The molecule has 0 aliphatic rings. The van der Waals surface area contributed by atoms with Crippen molar-refractivity contribution in [1.82, 2.24) is 10.2 Å². The summed E-state index contributed by atoms with van der Waals surface area (Å²) in [4.78, 5) is 25.4. The van der Waals surface area contributed by atoms with Crippen molar-refractivity contribution in [3.8, 4) is 0 Å². The van der Waals surface area contributed by atoms with E-state index in [1.54, 1.807) is 32.9 Å². The Morgan fingerprint density at radius 1 is 1.27 bits per heavy atom. The SMILES string of the molecule is CNC(=O)C(Cc1ccc(F)cc1)N(C)C(=O)OC(C)(C)C. The Labute approximate surface area is 130 Å². The lowest BCUT2D eigenvalue weighted by Gasteiger charge is -2.29. The van der Waals surface area contributed by atoms with Crippen LogP contribution in [0.3, 0.4) is 0 Å². The molecule has 0 heterocycles. The van der Waals surface area contributed by atoms with Crippen LogP contribution < -0.4 is 5.32 Å². The van der Waals surface area contributed by atoms with E-state index < -0.39 is 17.7 Å². The van der Waals surface area contributed by atoms with Crippen LogP contribution in [0, 0.1) is 5.82 Å². The van der Waals surface area contributed by atoms with E-state index in [9.17, 15) is 14.0 Å². The fourth-order valence-corrected chi connectivity index (χ4v) is 1.88. The van der Waals surface area contributed by atoms with Gasteiger partial charge in [-0.25, -0.2) is 9.18 Å². The highest BCUT2D eigenvalue weighted by molar-refractivity contribution is 5.85. The molecule has 0 saturated heterocycles. The van der Waals surface area contributed by atoms with Crippen LogP contribution in [0.15, 0.2) is 24.3 Å². The molecule has 1 unspecified atom stereocenters. The first-order valence-corrected chi connectivity index (χ1v) is 7.06. The second-order valence-corrected chi connectivity index (χ2v) is 6.05. The third kappa shape index (κ3) is 5.35. The topological polar surface area (TPSA) is 58.6 Å². The maximum absolute atomic E-state index is 13.0. The molecule has 0 bridgehead atoms. The van der Waals surface area contributed by atoms with Crippen molar-refractivity contribution in [2.75, 3.05) is 14.1 Å². The zero-order valence-electron chi connectivity index (χ0n) is 13.6. The van der Waals surface area contributed by atoms with Crippen molar-refractivity contribution in [2.45, 2.75) is 38.8 Å². The van der Waals surface area contributed by atoms with Gasteiger partial charge >= 0.3 is 6.09 Å². The van der Waals surface area contributed by atoms with E-state index in [4.69, 9.17) is 4.74 Å². The third-order valence-corrected chi connectivity index (χ3v) is 3.04. The molecule has 1 N–H and O–H groups in total. The number of amides is 2. The number of ether oxygens (including phenoxy) is 1. The van der Waals surface area contributed by atoms with Crippen molar-refractivity contribution in [1.29, 1.82) is 0 Å². The lowest BCUT2D eigenvalue weighted by molar-refractivity contribution is -0.125. The minimum absolute atomic E-state index is 0.274. The predicted octanol–water partition coefficient (Wildman–Crippen LogP) is 2.35. The molecule has 0 saturated carbocycles. The smallest absolute Gasteiger partial charge is 0.410 e. The average molecular weight is 310 g/mol. The number of carbonyl (C=O) groups is 2. The zero-order valence-corrected chi connectivity index (χ0v) is 13.6. The summed E-state index contributed by atoms with van der Waals surface area (Å²) in [6.07, 6.45) is -0.307. The molecule has 122 valence electrons. The minimum Gasteiger partial charge on any atom is -0.444 e. The molecule has 2 amide bonds. The number of nitrogens with zero attached hydrogens (tertiary/aromatic N) is 1. The van der Waals surface area contributed by atoms with E-state index in [0.29, 0.717) is 0 Å². The Balaban J connectivity index is 2.90. The second-order valence-electron chi connectivity index (χ2n) is 6.05. The molecule has 0 fully saturated rings. The summed E-state index contributed by atoms with van der Waals surface area (Å²) in [6.45, 7) is 5.27. The lowest BCUT2D eigenvalue weighted by Crippen LogP contribution is -2.49. The maximum atomic E-state index is 13.0. The largest absolute Gasteiger partial charge is 0.444 e. The summed E-state index contributed by atoms with van der Waals surface area (Å²) in [6, 6.07) is 5.10. The van der Waals surface area contributed by atoms with Crippen LogP contribution in [0.4, 0.5) is 9.18 Å². The number of hydrogen-bond donors (Lipinski definition) is 1. The first-order valence-electron chi connectivity index (χ1n) is 7.06. The van der Waals surface area contributed by atoms with Gasteiger partial charge in [0, 0.05) is 20.5 Å². The molecular formula is C16H23FN2O3. The van der Waals surface area contributed by atoms with E-state index in [-0.39, 0.29) is 18.1 Å². The van der Waals surface area contributed by atoms with Crippen LogP contribution in [-0.2, 0) is 16.0 Å². The Morgan fingerprint density at radius 3 is 2.27 bits per heavy atom. The Hall–Kier alpha value is -2.11. The number of nitrogens with one attached hydrogen (secondary N) is 1. The van der Waals surface area contributed by atoms with Gasteiger partial charge in [0.05, 0.1) is 0 Å². The number of carbonyl (C=O) groups excluding carboxylic acids is 2. The predicted molar refractivity (Wildman–Crippen MR) is 82.0 cm³/mol. The maximum Gasteiger partial charge on any atom is 0.410 e. The monoisotopic (exact) mass is 310 g/mol. The van der Waals surface area contributed by atoms with Crippen molar-refractivity contribution in [3.63, 3.8) is 0 Å². The van der Waals surface area contributed by atoms with Crippen LogP contribution in [0.5, 0.6) is 0 Å². The van der Waals surface area contributed by atoms with Crippen LogP contribution in [0.25, 0.3) is 0 Å². The summed E-state index contributed by atoms with van der Waals surface area (Å²) in [7, 11) is 3.01. The number of benzene rings is 1. The van der Waals surface area contributed by atoms with Crippen molar-refractivity contribution < 1.29 is 18.7 Å². The molecule has 1 atom stereocenters. The van der Waals surface area contributed by atoms with Gasteiger partial charge in [-0.05, 0) is 38.5 Å². The summed E-state index contributed by atoms with van der Waals surface area (Å²) in [5.41, 5.74) is 0.111. The fraction of sp³-hybridized carbons (Fsp3) is 0.500. The molecule has 1 rings (SSSR count). The Kier molecular flexibility index (Phi) is 5.91. The van der Waals surface area contributed by atoms with Crippen LogP contribution in [0.1, 0.15) is 26.3 Å². The van der Waals surface area contributed by atoms with E-state index in [1.165, 1.54) is 31.1 Å². The summed E-state index contributed by atoms with van der Waals surface area (Å²) < 4.78 is 18.2. The Morgan fingerprint density at radius 2 is 1.82 bits per heavy atom. The number of hydrogen-bond acceptors (Lipinski definition) is 3. The van der Waals surface area contributed by atoms with Gasteiger partial charge in [-0.3, -0.25) is 9.69 Å². The third-order valence-electron chi connectivity index (χ3n) is 3.04. The van der Waals surface area contributed by atoms with Crippen LogP contribution in [-0.4, -0.2) is 42.6 Å². The summed E-state index contributed by atoms with van der Waals surface area (Å²) >= 11 is 0. The molecule has 1 aromatic carbocycles. The molecular weight excluding hydrogens is 287 g/mol. The normalized spacial score (nSPS) is 12.5. The van der Waals surface area contributed by atoms with Crippen LogP contribution >= 0.6 is 0 Å². The second kappa shape index (κ2) is 7.24.